The average molecular weight is 296 g/mol. The molecule has 1 aromatic carbocycles. The van der Waals surface area contributed by atoms with E-state index in [1.54, 1.807) is 17.8 Å². The number of carbonyl (C=O) groups is 2. The molecule has 1 amide bonds. The molecule has 0 spiro atoms. The number of benzene rings is 1. The maximum absolute atomic E-state index is 12.1. The fraction of sp³-hybridized carbons (Fsp3) is 0.385. The summed E-state index contributed by atoms with van der Waals surface area (Å²) in [6.07, 6.45) is 0. The zero-order chi connectivity index (χ0) is 14.5. The number of hydrogen-bond acceptors (Lipinski definition) is 5. The normalized spacial score (nSPS) is 18.4. The number of ether oxygens (including phenoxy) is 1. The van der Waals surface area contributed by atoms with Crippen molar-refractivity contribution in [3.8, 4) is 5.75 Å². The summed E-state index contributed by atoms with van der Waals surface area (Å²) in [6, 6.07) is 4.25. The zero-order valence-electron chi connectivity index (χ0n) is 11.0. The van der Waals surface area contributed by atoms with Crippen LogP contribution >= 0.6 is 11.8 Å². The van der Waals surface area contributed by atoms with Crippen molar-refractivity contribution in [3.05, 3.63) is 23.8 Å². The molecule has 7 heteroatoms. The van der Waals surface area contributed by atoms with Gasteiger partial charge >= 0.3 is 5.97 Å². The molecule has 1 heterocycles. The van der Waals surface area contributed by atoms with Crippen LogP contribution in [0, 0.1) is 0 Å². The van der Waals surface area contributed by atoms with Crippen LogP contribution in [0.1, 0.15) is 10.4 Å². The van der Waals surface area contributed by atoms with Crippen LogP contribution in [-0.2, 0) is 4.79 Å². The third-order valence-electron chi connectivity index (χ3n) is 2.95. The molecular formula is C13H16N2O4S. The first kappa shape index (κ1) is 14.7. The van der Waals surface area contributed by atoms with Crippen molar-refractivity contribution < 1.29 is 19.4 Å². The van der Waals surface area contributed by atoms with E-state index in [-0.39, 0.29) is 23.2 Å². The van der Waals surface area contributed by atoms with Gasteiger partial charge in [0.25, 0.3) is 0 Å². The predicted molar refractivity (Wildman–Crippen MR) is 77.7 cm³/mol. The molecule has 1 fully saturated rings. The van der Waals surface area contributed by atoms with Crippen LogP contribution in [0.4, 0.5) is 5.69 Å². The van der Waals surface area contributed by atoms with Crippen molar-refractivity contribution in [1.82, 2.24) is 5.32 Å². The van der Waals surface area contributed by atoms with Crippen molar-refractivity contribution in [2.75, 3.05) is 30.5 Å². The molecule has 1 aromatic rings. The summed E-state index contributed by atoms with van der Waals surface area (Å²) in [5.41, 5.74) is 0.293. The number of hydrogen-bond donors (Lipinski definition) is 3. The minimum Gasteiger partial charge on any atom is -0.497 e. The van der Waals surface area contributed by atoms with Crippen molar-refractivity contribution in [1.29, 1.82) is 0 Å². The molecule has 6 nitrogen and oxygen atoms in total. The Balaban J connectivity index is 2.15. The second-order valence-corrected chi connectivity index (χ2v) is 5.44. The van der Waals surface area contributed by atoms with Gasteiger partial charge in [0, 0.05) is 18.1 Å². The molecule has 1 aliphatic rings. The molecule has 0 aromatic heterocycles. The fourth-order valence-corrected chi connectivity index (χ4v) is 2.82. The molecule has 1 atom stereocenters. The lowest BCUT2D eigenvalue weighted by molar-refractivity contribution is -0.117. The van der Waals surface area contributed by atoms with Crippen molar-refractivity contribution in [3.63, 3.8) is 0 Å². The van der Waals surface area contributed by atoms with Crippen LogP contribution in [0.15, 0.2) is 18.2 Å². The molecule has 108 valence electrons. The van der Waals surface area contributed by atoms with Crippen molar-refractivity contribution in [2.45, 2.75) is 6.04 Å². The second-order valence-electron chi connectivity index (χ2n) is 4.29. The minimum atomic E-state index is -1.11. The van der Waals surface area contributed by atoms with E-state index in [9.17, 15) is 14.7 Å². The molecule has 20 heavy (non-hydrogen) atoms. The summed E-state index contributed by atoms with van der Waals surface area (Å²) in [5, 5.41) is 14.9. The van der Waals surface area contributed by atoms with E-state index in [2.05, 4.69) is 10.6 Å². The van der Waals surface area contributed by atoms with Crippen LogP contribution in [0.2, 0.25) is 0 Å². The molecule has 1 aliphatic heterocycles. The number of methoxy groups -OCH3 is 1. The van der Waals surface area contributed by atoms with Gasteiger partial charge in [-0.3, -0.25) is 4.79 Å². The molecule has 0 aliphatic carbocycles. The summed E-state index contributed by atoms with van der Waals surface area (Å²) in [7, 11) is 1.46. The van der Waals surface area contributed by atoms with E-state index in [4.69, 9.17) is 4.74 Å². The third kappa shape index (κ3) is 3.43. The number of rotatable bonds is 4. The Labute approximate surface area is 120 Å². The summed E-state index contributed by atoms with van der Waals surface area (Å²) in [6.45, 7) is 0.775. The lowest BCUT2D eigenvalue weighted by Gasteiger charge is -2.22. The Kier molecular flexibility index (Phi) is 4.86. The SMILES string of the molecule is COc1ccc(NC(=O)C2CSCCN2)c(C(=O)O)c1. The first-order valence-electron chi connectivity index (χ1n) is 6.15. The van der Waals surface area contributed by atoms with Crippen LogP contribution in [0.5, 0.6) is 5.75 Å². The Morgan fingerprint density at radius 1 is 1.50 bits per heavy atom. The number of carboxylic acids is 1. The number of amides is 1. The molecular weight excluding hydrogens is 280 g/mol. The van der Waals surface area contributed by atoms with E-state index < -0.39 is 5.97 Å². The highest BCUT2D eigenvalue weighted by Gasteiger charge is 2.22. The van der Waals surface area contributed by atoms with Gasteiger partial charge in [0.15, 0.2) is 0 Å². The monoisotopic (exact) mass is 296 g/mol. The van der Waals surface area contributed by atoms with E-state index in [1.807, 2.05) is 0 Å². The van der Waals surface area contributed by atoms with E-state index in [0.717, 1.165) is 12.3 Å². The molecule has 0 saturated carbocycles. The van der Waals surface area contributed by atoms with Gasteiger partial charge in [-0.1, -0.05) is 0 Å². The Morgan fingerprint density at radius 2 is 2.30 bits per heavy atom. The zero-order valence-corrected chi connectivity index (χ0v) is 11.8. The van der Waals surface area contributed by atoms with E-state index in [1.165, 1.54) is 19.2 Å². The molecule has 0 radical (unpaired) electrons. The minimum absolute atomic E-state index is 0.0150. The van der Waals surface area contributed by atoms with Gasteiger partial charge in [-0.05, 0) is 18.2 Å². The van der Waals surface area contributed by atoms with Gasteiger partial charge in [0.1, 0.15) is 5.75 Å². The smallest absolute Gasteiger partial charge is 0.337 e. The van der Waals surface area contributed by atoms with Gasteiger partial charge in [-0.15, -0.1) is 0 Å². The van der Waals surface area contributed by atoms with Crippen LogP contribution in [-0.4, -0.2) is 48.2 Å². The topological polar surface area (TPSA) is 87.7 Å². The number of carboxylic acid groups (broad SMARTS) is 1. The predicted octanol–water partition coefficient (Wildman–Crippen LogP) is 1.04. The van der Waals surface area contributed by atoms with Gasteiger partial charge < -0.3 is 20.5 Å². The average Bonchev–Trinajstić information content (AvgIpc) is 2.48. The number of nitrogens with one attached hydrogen (secondary N) is 2. The molecule has 1 saturated heterocycles. The first-order chi connectivity index (χ1) is 9.61. The first-order valence-corrected chi connectivity index (χ1v) is 7.30. The highest BCUT2D eigenvalue weighted by Crippen LogP contribution is 2.22. The Hall–Kier alpha value is -1.73. The van der Waals surface area contributed by atoms with Crippen molar-refractivity contribution >= 4 is 29.3 Å². The van der Waals surface area contributed by atoms with Crippen LogP contribution in [0.25, 0.3) is 0 Å². The summed E-state index contributed by atoms with van der Waals surface area (Å²) in [5.74, 6) is 0.777. The molecule has 1 unspecified atom stereocenters. The molecule has 3 N–H and O–H groups in total. The Bertz CT molecular complexity index is 515. The van der Waals surface area contributed by atoms with Gasteiger partial charge in [-0.2, -0.15) is 11.8 Å². The highest BCUT2D eigenvalue weighted by atomic mass is 32.2. The van der Waals surface area contributed by atoms with E-state index >= 15 is 0 Å². The largest absolute Gasteiger partial charge is 0.497 e. The summed E-state index contributed by atoms with van der Waals surface area (Å²) in [4.78, 5) is 23.3. The third-order valence-corrected chi connectivity index (χ3v) is 4.01. The van der Waals surface area contributed by atoms with Crippen molar-refractivity contribution in [2.24, 2.45) is 0 Å². The number of thioether (sulfide) groups is 1. The van der Waals surface area contributed by atoms with E-state index in [0.29, 0.717) is 11.5 Å². The van der Waals surface area contributed by atoms with Crippen LogP contribution < -0.4 is 15.4 Å². The number of carbonyl (C=O) groups excluding carboxylic acids is 1. The summed E-state index contributed by atoms with van der Waals surface area (Å²) < 4.78 is 4.99. The van der Waals surface area contributed by atoms with Crippen LogP contribution in [0.3, 0.4) is 0 Å². The quantitative estimate of drug-likeness (QED) is 0.769. The molecule has 0 bridgehead atoms. The lowest BCUT2D eigenvalue weighted by Crippen LogP contribution is -2.46. The van der Waals surface area contributed by atoms with Gasteiger partial charge in [0.2, 0.25) is 5.91 Å². The standard InChI is InChI=1S/C13H16N2O4S/c1-19-8-2-3-10(9(6-8)13(17)18)15-12(16)11-7-20-5-4-14-11/h2-3,6,11,14H,4-5,7H2,1H3,(H,15,16)(H,17,18). The highest BCUT2D eigenvalue weighted by molar-refractivity contribution is 7.99. The summed E-state index contributed by atoms with van der Waals surface area (Å²) >= 11 is 1.70. The maximum Gasteiger partial charge on any atom is 0.337 e. The fourth-order valence-electron chi connectivity index (χ4n) is 1.89. The van der Waals surface area contributed by atoms with Gasteiger partial charge in [-0.25, -0.2) is 4.79 Å². The molecule has 2 rings (SSSR count). The Morgan fingerprint density at radius 3 is 2.90 bits per heavy atom. The number of anilines is 1. The van der Waals surface area contributed by atoms with Gasteiger partial charge in [0.05, 0.1) is 24.4 Å². The lowest BCUT2D eigenvalue weighted by atomic mass is 10.1. The maximum atomic E-state index is 12.1. The second kappa shape index (κ2) is 6.62. The number of aromatic carboxylic acids is 1.